The van der Waals surface area contributed by atoms with Crippen LogP contribution in [-0.4, -0.2) is 49.6 Å². The standard InChI is InChI=1S/C28H30F8N6O3/c29-26(30)8-3-16(4-9-26)23(40-24(44)17-14-45-41-18(17)5-10-27(31,32)33)20-13-42-12-7-19(37-25(42)38-20)22(15-1-2-15)39-21(43)6-11-28(34,35)36/h7,12-16,22-23H,1-6,8-11H2,(H,39,43)(H,40,44)/t22-,23-/m0/s1. The summed E-state index contributed by atoms with van der Waals surface area (Å²) in [5, 5.41) is 8.89. The number of nitrogens with zero attached hydrogens (tertiary/aromatic N) is 4. The first-order chi connectivity index (χ1) is 21.1. The largest absolute Gasteiger partial charge is 0.389 e. The third kappa shape index (κ3) is 8.69. The van der Waals surface area contributed by atoms with E-state index in [-0.39, 0.29) is 41.5 Å². The van der Waals surface area contributed by atoms with E-state index in [4.69, 9.17) is 4.52 Å². The number of hydrogen-bond donors (Lipinski definition) is 2. The third-order valence-electron chi connectivity index (χ3n) is 8.10. The van der Waals surface area contributed by atoms with Gasteiger partial charge in [-0.1, -0.05) is 5.16 Å². The highest BCUT2D eigenvalue weighted by molar-refractivity contribution is 5.95. The summed E-state index contributed by atoms with van der Waals surface area (Å²) >= 11 is 0. The van der Waals surface area contributed by atoms with Gasteiger partial charge in [-0.2, -0.15) is 26.3 Å². The molecule has 0 unspecified atom stereocenters. The number of alkyl halides is 8. The fourth-order valence-electron chi connectivity index (χ4n) is 5.52. The Balaban J connectivity index is 1.39. The van der Waals surface area contributed by atoms with Gasteiger partial charge in [0.25, 0.3) is 5.91 Å². The number of rotatable bonds is 11. The van der Waals surface area contributed by atoms with Gasteiger partial charge in [0.2, 0.25) is 17.6 Å². The summed E-state index contributed by atoms with van der Waals surface area (Å²) in [5.74, 6) is -4.83. The Hall–Kier alpha value is -3.79. The fraction of sp³-hybridized carbons (Fsp3) is 0.607. The molecule has 0 spiro atoms. The lowest BCUT2D eigenvalue weighted by Crippen LogP contribution is -2.37. The molecular weight excluding hydrogens is 620 g/mol. The molecular formula is C28H30F8N6O3. The van der Waals surface area contributed by atoms with E-state index >= 15 is 0 Å². The molecule has 3 aromatic rings. The van der Waals surface area contributed by atoms with Crippen molar-refractivity contribution in [1.29, 1.82) is 0 Å². The van der Waals surface area contributed by atoms with E-state index in [9.17, 15) is 44.7 Å². The van der Waals surface area contributed by atoms with E-state index in [1.807, 2.05) is 0 Å². The number of nitrogens with one attached hydrogen (secondary N) is 2. The summed E-state index contributed by atoms with van der Waals surface area (Å²) in [6, 6.07) is 0.0192. The lowest BCUT2D eigenvalue weighted by molar-refractivity contribution is -0.144. The number of fused-ring (bicyclic) bond motifs is 1. The van der Waals surface area contributed by atoms with E-state index in [0.717, 1.165) is 19.1 Å². The molecule has 5 rings (SSSR count). The normalized spacial score (nSPS) is 18.9. The Labute approximate surface area is 251 Å². The predicted octanol–water partition coefficient (Wildman–Crippen LogP) is 6.42. The van der Waals surface area contributed by atoms with Crippen LogP contribution in [0.25, 0.3) is 5.78 Å². The molecule has 2 N–H and O–H groups in total. The molecule has 45 heavy (non-hydrogen) atoms. The lowest BCUT2D eigenvalue weighted by atomic mass is 9.81. The van der Waals surface area contributed by atoms with Crippen molar-refractivity contribution in [3.8, 4) is 0 Å². The van der Waals surface area contributed by atoms with Gasteiger partial charge < -0.3 is 15.2 Å². The molecule has 2 saturated carbocycles. The number of imidazole rings is 1. The highest BCUT2D eigenvalue weighted by Crippen LogP contribution is 2.42. The molecule has 0 bridgehead atoms. The third-order valence-corrected chi connectivity index (χ3v) is 8.10. The minimum absolute atomic E-state index is 0.0183. The molecule has 246 valence electrons. The fourth-order valence-corrected chi connectivity index (χ4v) is 5.52. The van der Waals surface area contributed by atoms with Crippen LogP contribution in [0.2, 0.25) is 0 Å². The second-order valence-electron chi connectivity index (χ2n) is 11.7. The molecule has 3 aromatic heterocycles. The first-order valence-corrected chi connectivity index (χ1v) is 14.5. The molecule has 0 radical (unpaired) electrons. The van der Waals surface area contributed by atoms with Gasteiger partial charge in [-0.15, -0.1) is 0 Å². The molecule has 0 aromatic carbocycles. The monoisotopic (exact) mass is 650 g/mol. The van der Waals surface area contributed by atoms with Crippen LogP contribution in [0, 0.1) is 11.8 Å². The molecule has 2 fully saturated rings. The van der Waals surface area contributed by atoms with Crippen molar-refractivity contribution in [2.75, 3.05) is 0 Å². The van der Waals surface area contributed by atoms with Gasteiger partial charge in [0.1, 0.15) is 11.8 Å². The Morgan fingerprint density at radius 2 is 1.56 bits per heavy atom. The number of aryl methyl sites for hydroxylation is 1. The van der Waals surface area contributed by atoms with Crippen LogP contribution in [0.3, 0.4) is 0 Å². The maximum Gasteiger partial charge on any atom is 0.389 e. The molecule has 17 heteroatoms. The summed E-state index contributed by atoms with van der Waals surface area (Å²) in [6.45, 7) is 0. The average molecular weight is 651 g/mol. The van der Waals surface area contributed by atoms with Crippen LogP contribution < -0.4 is 10.6 Å². The Bertz CT molecular complexity index is 1500. The van der Waals surface area contributed by atoms with E-state index in [1.165, 1.54) is 10.6 Å². The Morgan fingerprint density at radius 3 is 2.20 bits per heavy atom. The lowest BCUT2D eigenvalue weighted by Gasteiger charge is -2.33. The Kier molecular flexibility index (Phi) is 9.08. The first kappa shape index (κ1) is 32.6. The summed E-state index contributed by atoms with van der Waals surface area (Å²) in [6.07, 6.45) is -8.06. The SMILES string of the molecule is O=C(CCC(F)(F)F)N[C@H](c1ccn2cc([C@@H](NC(=O)c3conc3CCC(F)(F)F)C3CCC(F)(F)CC3)nc2n1)C1CC1. The van der Waals surface area contributed by atoms with Gasteiger partial charge in [-0.3, -0.25) is 14.0 Å². The zero-order valence-corrected chi connectivity index (χ0v) is 23.7. The smallest absolute Gasteiger partial charge is 0.364 e. The van der Waals surface area contributed by atoms with Gasteiger partial charge in [0.05, 0.1) is 35.6 Å². The van der Waals surface area contributed by atoms with Crippen LogP contribution in [0.5, 0.6) is 0 Å². The second kappa shape index (κ2) is 12.5. The van der Waals surface area contributed by atoms with Crippen LogP contribution in [0.15, 0.2) is 29.2 Å². The van der Waals surface area contributed by atoms with Crippen LogP contribution in [0.4, 0.5) is 35.1 Å². The van der Waals surface area contributed by atoms with E-state index < -0.39 is 86.6 Å². The summed E-state index contributed by atoms with van der Waals surface area (Å²) in [4.78, 5) is 34.6. The maximum atomic E-state index is 14.0. The van der Waals surface area contributed by atoms with Crippen molar-refractivity contribution in [2.24, 2.45) is 11.8 Å². The number of hydrogen-bond acceptors (Lipinski definition) is 6. The topological polar surface area (TPSA) is 114 Å². The zero-order chi connectivity index (χ0) is 32.6. The number of carbonyl (C=O) groups is 2. The first-order valence-electron chi connectivity index (χ1n) is 14.5. The maximum absolute atomic E-state index is 14.0. The van der Waals surface area contributed by atoms with Gasteiger partial charge >= 0.3 is 12.4 Å². The van der Waals surface area contributed by atoms with E-state index in [2.05, 4.69) is 25.8 Å². The van der Waals surface area contributed by atoms with Gasteiger partial charge in [-0.25, -0.2) is 18.7 Å². The van der Waals surface area contributed by atoms with Crippen LogP contribution in [0.1, 0.15) is 97.3 Å². The van der Waals surface area contributed by atoms with E-state index in [1.54, 1.807) is 12.3 Å². The average Bonchev–Trinajstić information content (AvgIpc) is 3.52. The summed E-state index contributed by atoms with van der Waals surface area (Å²) in [7, 11) is 0. The molecule has 2 amide bonds. The number of aromatic nitrogens is 4. The van der Waals surface area contributed by atoms with Gasteiger partial charge in [0, 0.05) is 44.5 Å². The molecule has 3 heterocycles. The van der Waals surface area contributed by atoms with Crippen molar-refractivity contribution in [3.05, 3.63) is 47.4 Å². The van der Waals surface area contributed by atoms with Crippen LogP contribution in [-0.2, 0) is 11.2 Å². The Morgan fingerprint density at radius 1 is 0.933 bits per heavy atom. The molecule has 2 atom stereocenters. The molecule has 0 saturated heterocycles. The number of amides is 2. The van der Waals surface area contributed by atoms with Crippen molar-refractivity contribution in [3.63, 3.8) is 0 Å². The minimum atomic E-state index is -4.49. The zero-order valence-electron chi connectivity index (χ0n) is 23.7. The number of halogens is 8. The van der Waals surface area contributed by atoms with Gasteiger partial charge in [0.15, 0.2) is 0 Å². The van der Waals surface area contributed by atoms with Crippen molar-refractivity contribution < 1.29 is 49.2 Å². The van der Waals surface area contributed by atoms with E-state index in [0.29, 0.717) is 5.69 Å². The van der Waals surface area contributed by atoms with Crippen molar-refractivity contribution in [2.45, 2.75) is 94.6 Å². The van der Waals surface area contributed by atoms with Crippen molar-refractivity contribution >= 4 is 17.6 Å². The minimum Gasteiger partial charge on any atom is -0.364 e. The predicted molar refractivity (Wildman–Crippen MR) is 140 cm³/mol. The molecule has 9 nitrogen and oxygen atoms in total. The van der Waals surface area contributed by atoms with Crippen molar-refractivity contribution in [1.82, 2.24) is 30.2 Å². The summed E-state index contributed by atoms with van der Waals surface area (Å²) < 4.78 is 110. The van der Waals surface area contributed by atoms with Crippen LogP contribution >= 0.6 is 0 Å². The number of carbonyl (C=O) groups excluding carboxylic acids is 2. The molecule has 2 aliphatic rings. The van der Waals surface area contributed by atoms with Gasteiger partial charge in [-0.05, 0) is 43.6 Å². The highest BCUT2D eigenvalue weighted by Gasteiger charge is 2.40. The summed E-state index contributed by atoms with van der Waals surface area (Å²) in [5.41, 5.74) is 0.208. The quantitative estimate of drug-likeness (QED) is 0.232. The molecule has 2 aliphatic carbocycles. The second-order valence-corrected chi connectivity index (χ2v) is 11.7. The highest BCUT2D eigenvalue weighted by atomic mass is 19.4. The molecule has 0 aliphatic heterocycles.